The Hall–Kier alpha value is -3.40. The first-order chi connectivity index (χ1) is 14.0. The molecule has 10 heteroatoms. The quantitative estimate of drug-likeness (QED) is 0.296. The SMILES string of the molecule is COc1ccc(NC(=O)CSc2n[nH]c(N/N=C(\C)c3ccc(F)cc3)n2)cc1. The van der Waals surface area contributed by atoms with Gasteiger partial charge in [-0.15, -0.1) is 5.10 Å². The Morgan fingerprint density at radius 1 is 1.21 bits per heavy atom. The van der Waals surface area contributed by atoms with Gasteiger partial charge in [-0.05, 0) is 48.9 Å². The highest BCUT2D eigenvalue weighted by Crippen LogP contribution is 2.17. The topological polar surface area (TPSA) is 104 Å². The van der Waals surface area contributed by atoms with E-state index in [1.807, 2.05) is 0 Å². The average molecular weight is 414 g/mol. The van der Waals surface area contributed by atoms with Crippen LogP contribution in [0.2, 0.25) is 0 Å². The fourth-order valence-electron chi connectivity index (χ4n) is 2.25. The van der Waals surface area contributed by atoms with Crippen molar-refractivity contribution in [1.82, 2.24) is 15.2 Å². The number of thioether (sulfide) groups is 1. The van der Waals surface area contributed by atoms with Gasteiger partial charge in [-0.3, -0.25) is 4.79 Å². The van der Waals surface area contributed by atoms with Crippen molar-refractivity contribution >= 4 is 35.0 Å². The van der Waals surface area contributed by atoms with Crippen molar-refractivity contribution < 1.29 is 13.9 Å². The molecule has 0 saturated heterocycles. The lowest BCUT2D eigenvalue weighted by molar-refractivity contribution is -0.113. The summed E-state index contributed by atoms with van der Waals surface area (Å²) in [5, 5.41) is 14.1. The molecule has 3 N–H and O–H groups in total. The molecule has 3 rings (SSSR count). The summed E-state index contributed by atoms with van der Waals surface area (Å²) in [5.41, 5.74) is 4.88. The molecule has 0 aliphatic carbocycles. The number of amides is 1. The van der Waals surface area contributed by atoms with Crippen LogP contribution >= 0.6 is 11.8 Å². The molecule has 1 heterocycles. The van der Waals surface area contributed by atoms with E-state index in [1.54, 1.807) is 50.4 Å². The van der Waals surface area contributed by atoms with Crippen LogP contribution < -0.4 is 15.5 Å². The molecule has 0 aliphatic rings. The third kappa shape index (κ3) is 6.04. The minimum Gasteiger partial charge on any atom is -0.497 e. The van der Waals surface area contributed by atoms with E-state index in [1.165, 1.54) is 23.9 Å². The van der Waals surface area contributed by atoms with Crippen LogP contribution in [0.25, 0.3) is 0 Å². The van der Waals surface area contributed by atoms with Gasteiger partial charge in [0.15, 0.2) is 0 Å². The monoisotopic (exact) mass is 414 g/mol. The first-order valence-corrected chi connectivity index (χ1v) is 9.57. The molecule has 3 aromatic rings. The van der Waals surface area contributed by atoms with Gasteiger partial charge >= 0.3 is 0 Å². The lowest BCUT2D eigenvalue weighted by atomic mass is 10.1. The van der Waals surface area contributed by atoms with Gasteiger partial charge in [-0.2, -0.15) is 10.1 Å². The Kier molecular flexibility index (Phi) is 6.80. The van der Waals surface area contributed by atoms with Crippen LogP contribution in [-0.2, 0) is 4.79 Å². The number of aromatic amines is 1. The second kappa shape index (κ2) is 9.69. The van der Waals surface area contributed by atoms with Crippen molar-refractivity contribution in [2.45, 2.75) is 12.1 Å². The van der Waals surface area contributed by atoms with Crippen molar-refractivity contribution in [2.75, 3.05) is 23.6 Å². The molecule has 150 valence electrons. The van der Waals surface area contributed by atoms with E-state index < -0.39 is 0 Å². The standard InChI is InChI=1S/C19H19FN6O2S/c1-12(13-3-5-14(20)6-4-13)23-24-18-22-19(26-25-18)29-11-17(27)21-15-7-9-16(28-2)10-8-15/h3-10H,11H2,1-2H3,(H,21,27)(H2,22,24,25,26)/b23-12+. The highest BCUT2D eigenvalue weighted by molar-refractivity contribution is 7.99. The van der Waals surface area contributed by atoms with Gasteiger partial charge in [0.05, 0.1) is 18.6 Å². The lowest BCUT2D eigenvalue weighted by Crippen LogP contribution is -2.14. The first kappa shape index (κ1) is 20.3. The molecule has 0 fully saturated rings. The number of rotatable bonds is 8. The molecule has 0 radical (unpaired) electrons. The number of nitrogens with one attached hydrogen (secondary N) is 3. The maximum Gasteiger partial charge on any atom is 0.240 e. The number of carbonyl (C=O) groups excluding carboxylic acids is 1. The Bertz CT molecular complexity index is 989. The fourth-order valence-corrected chi connectivity index (χ4v) is 2.85. The van der Waals surface area contributed by atoms with E-state index in [2.05, 4.69) is 31.0 Å². The number of ether oxygens (including phenoxy) is 1. The molecule has 0 saturated carbocycles. The molecule has 1 amide bonds. The third-order valence-corrected chi connectivity index (χ3v) is 4.61. The Balaban J connectivity index is 1.48. The molecular weight excluding hydrogens is 395 g/mol. The number of hydrogen-bond donors (Lipinski definition) is 3. The van der Waals surface area contributed by atoms with Gasteiger partial charge in [-0.1, -0.05) is 23.9 Å². The summed E-state index contributed by atoms with van der Waals surface area (Å²) in [6.07, 6.45) is 0. The number of hydrogen-bond acceptors (Lipinski definition) is 7. The number of H-pyrrole nitrogens is 1. The molecule has 0 aliphatic heterocycles. The number of nitrogens with zero attached hydrogens (tertiary/aromatic N) is 3. The van der Waals surface area contributed by atoms with Gasteiger partial charge < -0.3 is 10.1 Å². The van der Waals surface area contributed by atoms with Crippen LogP contribution in [0.15, 0.2) is 58.8 Å². The summed E-state index contributed by atoms with van der Waals surface area (Å²) >= 11 is 1.19. The zero-order valence-electron chi connectivity index (χ0n) is 15.8. The van der Waals surface area contributed by atoms with E-state index in [4.69, 9.17) is 4.74 Å². The predicted molar refractivity (Wildman–Crippen MR) is 111 cm³/mol. The van der Waals surface area contributed by atoms with Gasteiger partial charge in [0.1, 0.15) is 11.6 Å². The molecule has 0 spiro atoms. The highest BCUT2D eigenvalue weighted by Gasteiger charge is 2.08. The van der Waals surface area contributed by atoms with Crippen LogP contribution in [0, 0.1) is 5.82 Å². The number of aromatic nitrogens is 3. The summed E-state index contributed by atoms with van der Waals surface area (Å²) in [4.78, 5) is 16.3. The summed E-state index contributed by atoms with van der Waals surface area (Å²) in [6, 6.07) is 13.1. The molecule has 29 heavy (non-hydrogen) atoms. The van der Waals surface area contributed by atoms with Crippen LogP contribution in [0.5, 0.6) is 5.75 Å². The number of carbonyl (C=O) groups is 1. The first-order valence-electron chi connectivity index (χ1n) is 8.59. The number of hydrazone groups is 1. The molecule has 0 atom stereocenters. The Morgan fingerprint density at radius 3 is 2.62 bits per heavy atom. The molecular formula is C19H19FN6O2S. The fraction of sp³-hybridized carbons (Fsp3) is 0.158. The van der Waals surface area contributed by atoms with Crippen molar-refractivity contribution in [3.8, 4) is 5.75 Å². The van der Waals surface area contributed by atoms with Crippen LogP contribution in [0.4, 0.5) is 16.0 Å². The zero-order valence-corrected chi connectivity index (χ0v) is 16.6. The molecule has 1 aromatic heterocycles. The smallest absolute Gasteiger partial charge is 0.240 e. The molecule has 8 nitrogen and oxygen atoms in total. The van der Waals surface area contributed by atoms with Crippen molar-refractivity contribution in [3.63, 3.8) is 0 Å². The van der Waals surface area contributed by atoms with E-state index >= 15 is 0 Å². The van der Waals surface area contributed by atoms with E-state index in [9.17, 15) is 9.18 Å². The number of methoxy groups -OCH3 is 1. The third-order valence-electron chi connectivity index (χ3n) is 3.76. The van der Waals surface area contributed by atoms with Gasteiger partial charge in [-0.25, -0.2) is 14.9 Å². The minimum absolute atomic E-state index is 0.154. The largest absolute Gasteiger partial charge is 0.497 e. The van der Waals surface area contributed by atoms with Gasteiger partial charge in [0.2, 0.25) is 17.0 Å². The maximum atomic E-state index is 13.0. The lowest BCUT2D eigenvalue weighted by Gasteiger charge is -2.05. The summed E-state index contributed by atoms with van der Waals surface area (Å²) in [6.45, 7) is 1.79. The minimum atomic E-state index is -0.303. The number of halogens is 1. The molecule has 2 aromatic carbocycles. The molecule has 0 unspecified atom stereocenters. The summed E-state index contributed by atoms with van der Waals surface area (Å²) < 4.78 is 18.1. The van der Waals surface area contributed by atoms with Crippen molar-refractivity contribution in [1.29, 1.82) is 0 Å². The Morgan fingerprint density at radius 2 is 1.93 bits per heavy atom. The van der Waals surface area contributed by atoms with Crippen molar-refractivity contribution in [3.05, 3.63) is 59.9 Å². The maximum absolute atomic E-state index is 13.0. The second-order valence-electron chi connectivity index (χ2n) is 5.85. The summed E-state index contributed by atoms with van der Waals surface area (Å²) in [5.74, 6) is 0.730. The van der Waals surface area contributed by atoms with Crippen LogP contribution in [-0.4, -0.2) is 39.7 Å². The van der Waals surface area contributed by atoms with Crippen molar-refractivity contribution in [2.24, 2.45) is 5.10 Å². The average Bonchev–Trinajstić information content (AvgIpc) is 3.19. The van der Waals surface area contributed by atoms with E-state index in [-0.39, 0.29) is 17.5 Å². The van der Waals surface area contributed by atoms with Gasteiger partial charge in [0.25, 0.3) is 0 Å². The number of anilines is 2. The predicted octanol–water partition coefficient (Wildman–Crippen LogP) is 3.52. The van der Waals surface area contributed by atoms with Crippen LogP contribution in [0.3, 0.4) is 0 Å². The summed E-state index contributed by atoms with van der Waals surface area (Å²) in [7, 11) is 1.58. The zero-order chi connectivity index (χ0) is 20.6. The molecule has 0 bridgehead atoms. The van der Waals surface area contributed by atoms with Gasteiger partial charge in [0, 0.05) is 5.69 Å². The van der Waals surface area contributed by atoms with Crippen LogP contribution in [0.1, 0.15) is 12.5 Å². The number of benzene rings is 2. The van der Waals surface area contributed by atoms with E-state index in [0.717, 1.165) is 11.3 Å². The highest BCUT2D eigenvalue weighted by atomic mass is 32.2. The normalized spacial score (nSPS) is 11.2. The second-order valence-corrected chi connectivity index (χ2v) is 6.79. The van der Waals surface area contributed by atoms with E-state index in [0.29, 0.717) is 22.5 Å². The Labute approximate surface area is 171 Å².